The number of rotatable bonds is 5. The first-order valence-corrected chi connectivity index (χ1v) is 9.74. The van der Waals surface area contributed by atoms with Crippen molar-refractivity contribution in [3.8, 4) is 0 Å². The molecule has 1 aliphatic rings. The molecule has 1 heterocycles. The zero-order valence-corrected chi connectivity index (χ0v) is 16.6. The standard InChI is InChI=1S/C23H28N2O2/c1-5-17-11-7-9-15(3)21(17)24-23(27)19-13-20(26)25(14-19)22-16(4)10-8-12-18(22)6-2/h7-12,19H,5-6,13-14H2,1-4H3,(H,24,27). The van der Waals surface area contributed by atoms with Gasteiger partial charge in [0.1, 0.15) is 0 Å². The smallest absolute Gasteiger partial charge is 0.229 e. The Hall–Kier alpha value is -2.62. The summed E-state index contributed by atoms with van der Waals surface area (Å²) < 4.78 is 0. The fraction of sp³-hybridized carbons (Fsp3) is 0.391. The number of hydrogen-bond donors (Lipinski definition) is 1. The summed E-state index contributed by atoms with van der Waals surface area (Å²) in [6.07, 6.45) is 1.98. The monoisotopic (exact) mass is 364 g/mol. The van der Waals surface area contributed by atoms with Crippen molar-refractivity contribution in [1.82, 2.24) is 0 Å². The minimum Gasteiger partial charge on any atom is -0.325 e. The van der Waals surface area contributed by atoms with Crippen LogP contribution in [0.4, 0.5) is 11.4 Å². The fourth-order valence-electron chi connectivity index (χ4n) is 3.92. The maximum atomic E-state index is 12.9. The van der Waals surface area contributed by atoms with Crippen molar-refractivity contribution < 1.29 is 9.59 Å². The van der Waals surface area contributed by atoms with Gasteiger partial charge in [-0.15, -0.1) is 0 Å². The van der Waals surface area contributed by atoms with Crippen molar-refractivity contribution in [2.45, 2.75) is 47.0 Å². The molecule has 1 atom stereocenters. The summed E-state index contributed by atoms with van der Waals surface area (Å²) in [5.74, 6) is -0.368. The number of carbonyl (C=O) groups excluding carboxylic acids is 2. The second-order valence-corrected chi connectivity index (χ2v) is 7.29. The van der Waals surface area contributed by atoms with E-state index in [4.69, 9.17) is 0 Å². The van der Waals surface area contributed by atoms with Crippen LogP contribution in [0, 0.1) is 19.8 Å². The minimum absolute atomic E-state index is 0.0275. The number of benzene rings is 2. The van der Waals surface area contributed by atoms with E-state index in [9.17, 15) is 9.59 Å². The van der Waals surface area contributed by atoms with Crippen molar-refractivity contribution in [2.24, 2.45) is 5.92 Å². The highest BCUT2D eigenvalue weighted by Gasteiger charge is 2.36. The van der Waals surface area contributed by atoms with Gasteiger partial charge in [-0.25, -0.2) is 0 Å². The van der Waals surface area contributed by atoms with Gasteiger partial charge in [0.05, 0.1) is 5.92 Å². The highest BCUT2D eigenvalue weighted by molar-refractivity contribution is 6.04. The number of hydrogen-bond acceptors (Lipinski definition) is 2. The summed E-state index contributed by atoms with van der Waals surface area (Å²) in [4.78, 5) is 27.4. The molecule has 1 N–H and O–H groups in total. The molecule has 0 aliphatic carbocycles. The van der Waals surface area contributed by atoms with Crippen molar-refractivity contribution in [2.75, 3.05) is 16.8 Å². The molecule has 142 valence electrons. The van der Waals surface area contributed by atoms with Gasteiger partial charge in [0.25, 0.3) is 0 Å². The summed E-state index contributed by atoms with van der Waals surface area (Å²) >= 11 is 0. The quantitative estimate of drug-likeness (QED) is 0.854. The number of anilines is 2. The Morgan fingerprint density at radius 3 is 2.33 bits per heavy atom. The van der Waals surface area contributed by atoms with Gasteiger partial charge >= 0.3 is 0 Å². The number of para-hydroxylation sites is 2. The van der Waals surface area contributed by atoms with Crippen LogP contribution >= 0.6 is 0 Å². The average Bonchev–Trinajstić information content (AvgIpc) is 3.04. The van der Waals surface area contributed by atoms with Crippen LogP contribution in [0.15, 0.2) is 36.4 Å². The Balaban J connectivity index is 1.81. The van der Waals surface area contributed by atoms with Crippen LogP contribution in [-0.4, -0.2) is 18.4 Å². The molecule has 4 nitrogen and oxygen atoms in total. The molecule has 0 bridgehead atoms. The lowest BCUT2D eigenvalue weighted by Gasteiger charge is -2.22. The van der Waals surface area contributed by atoms with Crippen molar-refractivity contribution in [3.63, 3.8) is 0 Å². The molecule has 3 rings (SSSR count). The van der Waals surface area contributed by atoms with Crippen LogP contribution in [0.2, 0.25) is 0 Å². The van der Waals surface area contributed by atoms with Gasteiger partial charge in [-0.3, -0.25) is 9.59 Å². The third-order valence-corrected chi connectivity index (χ3v) is 5.46. The third-order valence-electron chi connectivity index (χ3n) is 5.46. The Morgan fingerprint density at radius 1 is 1.04 bits per heavy atom. The van der Waals surface area contributed by atoms with Crippen LogP contribution in [0.5, 0.6) is 0 Å². The second kappa shape index (κ2) is 7.95. The van der Waals surface area contributed by atoms with Gasteiger partial charge < -0.3 is 10.2 Å². The third kappa shape index (κ3) is 3.75. The van der Waals surface area contributed by atoms with E-state index in [1.165, 1.54) is 0 Å². The first-order chi connectivity index (χ1) is 13.0. The van der Waals surface area contributed by atoms with Gasteiger partial charge in [0.2, 0.25) is 11.8 Å². The molecule has 2 aromatic carbocycles. The van der Waals surface area contributed by atoms with E-state index in [0.717, 1.165) is 46.5 Å². The number of nitrogens with one attached hydrogen (secondary N) is 1. The normalized spacial score (nSPS) is 16.7. The predicted octanol–water partition coefficient (Wildman–Crippen LogP) is 4.42. The molecule has 1 fully saturated rings. The Morgan fingerprint density at radius 2 is 1.67 bits per heavy atom. The number of aryl methyl sites for hydroxylation is 4. The van der Waals surface area contributed by atoms with E-state index in [1.807, 2.05) is 44.2 Å². The summed E-state index contributed by atoms with van der Waals surface area (Å²) in [6.45, 7) is 8.64. The molecule has 0 saturated carbocycles. The van der Waals surface area contributed by atoms with Crippen LogP contribution in [0.25, 0.3) is 0 Å². The molecule has 0 spiro atoms. The molecule has 27 heavy (non-hydrogen) atoms. The number of amides is 2. The molecule has 2 amide bonds. The van der Waals surface area contributed by atoms with E-state index >= 15 is 0 Å². The largest absolute Gasteiger partial charge is 0.325 e. The molecule has 1 aliphatic heterocycles. The maximum Gasteiger partial charge on any atom is 0.229 e. The first kappa shape index (κ1) is 19.2. The molecule has 0 aromatic heterocycles. The highest BCUT2D eigenvalue weighted by Crippen LogP contribution is 2.32. The molecule has 4 heteroatoms. The van der Waals surface area contributed by atoms with Gasteiger partial charge in [-0.2, -0.15) is 0 Å². The van der Waals surface area contributed by atoms with Gasteiger partial charge in [0.15, 0.2) is 0 Å². The zero-order chi connectivity index (χ0) is 19.6. The van der Waals surface area contributed by atoms with Crippen LogP contribution in [0.1, 0.15) is 42.5 Å². The van der Waals surface area contributed by atoms with Crippen LogP contribution < -0.4 is 10.2 Å². The molecular formula is C23H28N2O2. The lowest BCUT2D eigenvalue weighted by Crippen LogP contribution is -2.29. The summed E-state index contributed by atoms with van der Waals surface area (Å²) in [7, 11) is 0. The highest BCUT2D eigenvalue weighted by atomic mass is 16.2. The molecule has 2 aromatic rings. The molecule has 0 radical (unpaired) electrons. The summed E-state index contributed by atoms with van der Waals surface area (Å²) in [5, 5.41) is 3.09. The minimum atomic E-state index is -0.328. The second-order valence-electron chi connectivity index (χ2n) is 7.29. The van der Waals surface area contributed by atoms with E-state index in [1.54, 1.807) is 4.90 Å². The SMILES string of the molecule is CCc1cccc(C)c1NC(=O)C1CC(=O)N(c2c(C)cccc2CC)C1. The van der Waals surface area contributed by atoms with Crippen molar-refractivity contribution >= 4 is 23.2 Å². The van der Waals surface area contributed by atoms with Gasteiger partial charge in [-0.1, -0.05) is 50.2 Å². The average molecular weight is 364 g/mol. The first-order valence-electron chi connectivity index (χ1n) is 9.74. The Bertz CT molecular complexity index is 873. The predicted molar refractivity (Wildman–Crippen MR) is 110 cm³/mol. The Kier molecular flexibility index (Phi) is 5.64. The summed E-state index contributed by atoms with van der Waals surface area (Å²) in [5.41, 5.74) is 6.27. The van der Waals surface area contributed by atoms with E-state index in [0.29, 0.717) is 6.54 Å². The molecular weight excluding hydrogens is 336 g/mol. The maximum absolute atomic E-state index is 12.9. The lowest BCUT2D eigenvalue weighted by atomic mass is 10.0. The van der Waals surface area contributed by atoms with Crippen molar-refractivity contribution in [3.05, 3.63) is 58.7 Å². The number of carbonyl (C=O) groups is 2. The van der Waals surface area contributed by atoms with Crippen LogP contribution in [0.3, 0.4) is 0 Å². The zero-order valence-electron chi connectivity index (χ0n) is 16.6. The van der Waals surface area contributed by atoms with E-state index in [2.05, 4.69) is 25.2 Å². The van der Waals surface area contributed by atoms with E-state index in [-0.39, 0.29) is 24.2 Å². The molecule has 1 unspecified atom stereocenters. The van der Waals surface area contributed by atoms with E-state index < -0.39 is 0 Å². The van der Waals surface area contributed by atoms with Crippen LogP contribution in [-0.2, 0) is 22.4 Å². The topological polar surface area (TPSA) is 49.4 Å². The fourth-order valence-corrected chi connectivity index (χ4v) is 3.92. The van der Waals surface area contributed by atoms with Gasteiger partial charge in [-0.05, 0) is 48.9 Å². The summed E-state index contributed by atoms with van der Waals surface area (Å²) in [6, 6.07) is 12.2. The van der Waals surface area contributed by atoms with Gasteiger partial charge in [0, 0.05) is 24.3 Å². The van der Waals surface area contributed by atoms with Crippen molar-refractivity contribution in [1.29, 1.82) is 0 Å². The molecule has 1 saturated heterocycles. The lowest BCUT2D eigenvalue weighted by molar-refractivity contribution is -0.122. The Labute approximate surface area is 161 Å². The number of nitrogens with zero attached hydrogens (tertiary/aromatic N) is 1.